The monoisotopic (exact) mass is 406 g/mol. The molecule has 0 aliphatic heterocycles. The van der Waals surface area contributed by atoms with Crippen LogP contribution in [-0.2, 0) is 10.1 Å². The summed E-state index contributed by atoms with van der Waals surface area (Å²) in [4.78, 5) is 20.8. The lowest BCUT2D eigenvalue weighted by atomic mass is 10.1. The number of nitro groups is 2. The molecule has 3 aromatic rings. The molecule has 1 aromatic heterocycles. The molecule has 0 radical (unpaired) electrons. The Morgan fingerprint density at radius 2 is 1.52 bits per heavy atom. The van der Waals surface area contributed by atoms with E-state index in [0.717, 1.165) is 30.3 Å². The first-order chi connectivity index (χ1) is 12.8. The molecular formula is C16H10N2O7S2. The summed E-state index contributed by atoms with van der Waals surface area (Å²) in [5, 5.41) is 23.4. The van der Waals surface area contributed by atoms with E-state index in [9.17, 15) is 28.6 Å². The smallest absolute Gasteiger partial charge is 0.339 e. The van der Waals surface area contributed by atoms with Gasteiger partial charge in [0.15, 0.2) is 5.75 Å². The number of rotatable bonds is 6. The summed E-state index contributed by atoms with van der Waals surface area (Å²) in [5.41, 5.74) is -0.216. The molecular weight excluding hydrogens is 396 g/mol. The zero-order chi connectivity index (χ0) is 19.6. The molecule has 0 amide bonds. The summed E-state index contributed by atoms with van der Waals surface area (Å²) in [6, 6.07) is 11.2. The molecule has 2 aromatic carbocycles. The van der Waals surface area contributed by atoms with Crippen molar-refractivity contribution in [1.29, 1.82) is 0 Å². The molecule has 27 heavy (non-hydrogen) atoms. The van der Waals surface area contributed by atoms with Crippen molar-refractivity contribution in [3.63, 3.8) is 0 Å². The SMILES string of the molecule is O=[N+]([O-])c1ccc(S(=O)(=O)Oc2ccc([N+](=O)[O-])cc2-c2cccs2)cc1. The Balaban J connectivity index is 2.01. The molecule has 0 saturated carbocycles. The fraction of sp³-hybridized carbons (Fsp3) is 0. The highest BCUT2D eigenvalue weighted by Gasteiger charge is 2.22. The first-order valence-corrected chi connectivity index (χ1v) is 9.58. The van der Waals surface area contributed by atoms with Crippen LogP contribution in [0.25, 0.3) is 10.4 Å². The Labute approximate surface area is 156 Å². The van der Waals surface area contributed by atoms with Gasteiger partial charge in [0.25, 0.3) is 11.4 Å². The van der Waals surface area contributed by atoms with Crippen molar-refractivity contribution in [1.82, 2.24) is 0 Å². The number of hydrogen-bond acceptors (Lipinski definition) is 8. The molecule has 0 fully saturated rings. The largest absolute Gasteiger partial charge is 0.378 e. The zero-order valence-electron chi connectivity index (χ0n) is 13.3. The summed E-state index contributed by atoms with van der Waals surface area (Å²) in [6.07, 6.45) is 0. The normalized spacial score (nSPS) is 11.1. The van der Waals surface area contributed by atoms with Crippen LogP contribution >= 0.6 is 11.3 Å². The van der Waals surface area contributed by atoms with Crippen molar-refractivity contribution in [2.75, 3.05) is 0 Å². The third-order valence-corrected chi connectivity index (χ3v) is 5.65. The van der Waals surface area contributed by atoms with Gasteiger partial charge in [-0.25, -0.2) is 0 Å². The molecule has 9 nitrogen and oxygen atoms in total. The van der Waals surface area contributed by atoms with Crippen molar-refractivity contribution < 1.29 is 22.4 Å². The minimum absolute atomic E-state index is 0.0820. The van der Waals surface area contributed by atoms with Crippen LogP contribution in [0.2, 0.25) is 0 Å². The van der Waals surface area contributed by atoms with Crippen LogP contribution in [0.1, 0.15) is 0 Å². The average Bonchev–Trinajstić information content (AvgIpc) is 3.16. The van der Waals surface area contributed by atoms with Crippen molar-refractivity contribution in [2.45, 2.75) is 4.90 Å². The third kappa shape index (κ3) is 3.93. The molecule has 0 atom stereocenters. The van der Waals surface area contributed by atoms with Gasteiger partial charge in [0.2, 0.25) is 0 Å². The van der Waals surface area contributed by atoms with Crippen LogP contribution in [0.15, 0.2) is 64.9 Å². The fourth-order valence-electron chi connectivity index (χ4n) is 2.23. The topological polar surface area (TPSA) is 130 Å². The second-order valence-electron chi connectivity index (χ2n) is 5.20. The van der Waals surface area contributed by atoms with Crippen molar-refractivity contribution >= 4 is 32.8 Å². The Kier molecular flexibility index (Phi) is 4.88. The predicted molar refractivity (Wildman–Crippen MR) is 97.3 cm³/mol. The maximum atomic E-state index is 12.5. The fourth-order valence-corrected chi connectivity index (χ4v) is 3.92. The summed E-state index contributed by atoms with van der Waals surface area (Å²) in [6.45, 7) is 0. The molecule has 0 N–H and O–H groups in total. The van der Waals surface area contributed by atoms with Crippen molar-refractivity contribution in [3.05, 3.63) is 80.2 Å². The number of thiophene rings is 1. The predicted octanol–water partition coefficient (Wildman–Crippen LogP) is 4.00. The second kappa shape index (κ2) is 7.13. The van der Waals surface area contributed by atoms with Crippen LogP contribution in [-0.4, -0.2) is 18.3 Å². The van der Waals surface area contributed by atoms with Crippen molar-refractivity contribution in [2.24, 2.45) is 0 Å². The van der Waals surface area contributed by atoms with E-state index < -0.39 is 20.0 Å². The zero-order valence-corrected chi connectivity index (χ0v) is 15.0. The number of hydrogen-bond donors (Lipinski definition) is 0. The van der Waals surface area contributed by atoms with Gasteiger partial charge < -0.3 is 4.18 Å². The van der Waals surface area contributed by atoms with Crippen LogP contribution in [0.3, 0.4) is 0 Å². The van der Waals surface area contributed by atoms with Gasteiger partial charge >= 0.3 is 10.1 Å². The van der Waals surface area contributed by atoms with E-state index >= 15 is 0 Å². The maximum absolute atomic E-state index is 12.5. The Hall–Kier alpha value is -3.31. The van der Waals surface area contributed by atoms with Gasteiger partial charge in [-0.1, -0.05) is 6.07 Å². The molecule has 138 valence electrons. The molecule has 0 aliphatic rings. The Morgan fingerprint density at radius 3 is 2.07 bits per heavy atom. The Morgan fingerprint density at radius 1 is 0.889 bits per heavy atom. The average molecular weight is 406 g/mol. The van der Waals surface area contributed by atoms with Gasteiger partial charge in [0.1, 0.15) is 4.90 Å². The molecule has 1 heterocycles. The molecule has 0 aliphatic carbocycles. The van der Waals surface area contributed by atoms with Gasteiger partial charge in [0, 0.05) is 34.7 Å². The van der Waals surface area contributed by atoms with Gasteiger partial charge in [-0.2, -0.15) is 8.42 Å². The Bertz CT molecular complexity index is 1110. The van der Waals surface area contributed by atoms with E-state index in [4.69, 9.17) is 4.18 Å². The van der Waals surface area contributed by atoms with E-state index in [-0.39, 0.29) is 27.6 Å². The summed E-state index contributed by atoms with van der Waals surface area (Å²) in [5.74, 6) is -0.0820. The molecule has 0 unspecified atom stereocenters. The van der Waals surface area contributed by atoms with Gasteiger partial charge in [-0.05, 0) is 29.6 Å². The van der Waals surface area contributed by atoms with Gasteiger partial charge in [0.05, 0.1) is 9.85 Å². The highest BCUT2D eigenvalue weighted by molar-refractivity contribution is 7.87. The molecule has 0 saturated heterocycles. The van der Waals surface area contributed by atoms with E-state index in [2.05, 4.69) is 0 Å². The standard InChI is InChI=1S/C16H10N2O7S2/c19-17(20)11-3-6-13(7-4-11)27(23,24)25-15-8-5-12(18(21)22)10-14(15)16-2-1-9-26-16/h1-10H. The quantitative estimate of drug-likeness (QED) is 0.343. The molecule has 0 bridgehead atoms. The first-order valence-electron chi connectivity index (χ1n) is 7.29. The maximum Gasteiger partial charge on any atom is 0.339 e. The molecule has 11 heteroatoms. The first kappa shape index (κ1) is 18.5. The van der Waals surface area contributed by atoms with E-state index in [1.165, 1.54) is 23.5 Å². The van der Waals surface area contributed by atoms with E-state index in [1.54, 1.807) is 17.5 Å². The highest BCUT2D eigenvalue weighted by atomic mass is 32.2. The third-order valence-electron chi connectivity index (χ3n) is 3.50. The second-order valence-corrected chi connectivity index (χ2v) is 7.70. The summed E-state index contributed by atoms with van der Waals surface area (Å²) in [7, 11) is -4.29. The number of nitrogens with zero attached hydrogens (tertiary/aromatic N) is 2. The van der Waals surface area contributed by atoms with Crippen LogP contribution < -0.4 is 4.18 Å². The lowest BCUT2D eigenvalue weighted by Gasteiger charge is -2.10. The van der Waals surface area contributed by atoms with E-state index in [0.29, 0.717) is 4.88 Å². The van der Waals surface area contributed by atoms with E-state index in [1.807, 2.05) is 0 Å². The number of non-ortho nitro benzene ring substituents is 2. The molecule has 3 rings (SSSR count). The lowest BCUT2D eigenvalue weighted by molar-refractivity contribution is -0.385. The van der Waals surface area contributed by atoms with Gasteiger partial charge in [-0.15, -0.1) is 11.3 Å². The minimum atomic E-state index is -4.29. The lowest BCUT2D eigenvalue weighted by Crippen LogP contribution is -2.10. The van der Waals surface area contributed by atoms with Crippen molar-refractivity contribution in [3.8, 4) is 16.2 Å². The summed E-state index contributed by atoms with van der Waals surface area (Å²) >= 11 is 1.27. The van der Waals surface area contributed by atoms with Crippen LogP contribution in [0.4, 0.5) is 11.4 Å². The number of nitro benzene ring substituents is 2. The highest BCUT2D eigenvalue weighted by Crippen LogP contribution is 2.37. The van der Waals surface area contributed by atoms with Gasteiger partial charge in [-0.3, -0.25) is 20.2 Å². The minimum Gasteiger partial charge on any atom is -0.378 e. The summed E-state index contributed by atoms with van der Waals surface area (Å²) < 4.78 is 30.2. The number of benzene rings is 2. The van der Waals surface area contributed by atoms with Crippen LogP contribution in [0.5, 0.6) is 5.75 Å². The molecule has 0 spiro atoms. The van der Waals surface area contributed by atoms with Crippen LogP contribution in [0, 0.1) is 20.2 Å².